The molecule has 2 nitrogen and oxygen atoms in total. The van der Waals surface area contributed by atoms with Gasteiger partial charge in [0, 0.05) is 0 Å². The standard InChI is InChI=1S/C14H15F6NO/c15-13(16,17)8-4-5-10(14(18,19)20)9(6-8)11(21)12(22)7-2-1-3-7/h4-7,11-12,22H,1-3,21H2/t11-,12+/m0/s1. The van der Waals surface area contributed by atoms with Gasteiger partial charge in [0.1, 0.15) is 0 Å². The Hall–Kier alpha value is -1.28. The first-order valence-electron chi connectivity index (χ1n) is 6.74. The number of aliphatic hydroxyl groups excluding tert-OH is 1. The molecule has 0 aromatic heterocycles. The molecule has 0 amide bonds. The summed E-state index contributed by atoms with van der Waals surface area (Å²) in [5, 5.41) is 10.0. The van der Waals surface area contributed by atoms with E-state index in [1.165, 1.54) is 0 Å². The zero-order valence-electron chi connectivity index (χ0n) is 11.4. The van der Waals surface area contributed by atoms with Crippen LogP contribution in [0.15, 0.2) is 18.2 Å². The van der Waals surface area contributed by atoms with Gasteiger partial charge >= 0.3 is 12.4 Å². The molecule has 2 rings (SSSR count). The van der Waals surface area contributed by atoms with E-state index in [4.69, 9.17) is 5.73 Å². The molecule has 0 spiro atoms. The smallest absolute Gasteiger partial charge is 0.391 e. The van der Waals surface area contributed by atoms with Crippen LogP contribution in [0.3, 0.4) is 0 Å². The van der Waals surface area contributed by atoms with Gasteiger partial charge in [0.15, 0.2) is 0 Å². The number of aliphatic hydroxyl groups is 1. The lowest BCUT2D eigenvalue weighted by Crippen LogP contribution is -2.37. The van der Waals surface area contributed by atoms with Crippen LogP contribution < -0.4 is 5.73 Å². The van der Waals surface area contributed by atoms with Crippen LogP contribution in [0, 0.1) is 5.92 Å². The fraction of sp³-hybridized carbons (Fsp3) is 0.571. The van der Waals surface area contributed by atoms with Gasteiger partial charge in [-0.2, -0.15) is 26.3 Å². The first-order valence-corrected chi connectivity index (χ1v) is 6.74. The molecule has 1 aliphatic rings. The fourth-order valence-corrected chi connectivity index (χ4v) is 2.53. The third-order valence-electron chi connectivity index (χ3n) is 4.04. The Kier molecular flexibility index (Phi) is 4.45. The van der Waals surface area contributed by atoms with Crippen LogP contribution in [0.5, 0.6) is 0 Å². The molecule has 1 aliphatic carbocycles. The number of alkyl halides is 6. The first kappa shape index (κ1) is 17.1. The van der Waals surface area contributed by atoms with Gasteiger partial charge < -0.3 is 10.8 Å². The van der Waals surface area contributed by atoms with E-state index in [-0.39, 0.29) is 5.92 Å². The Morgan fingerprint density at radius 2 is 1.64 bits per heavy atom. The van der Waals surface area contributed by atoms with Crippen LogP contribution in [-0.4, -0.2) is 11.2 Å². The van der Waals surface area contributed by atoms with Crippen molar-refractivity contribution in [3.8, 4) is 0 Å². The molecule has 1 saturated carbocycles. The molecule has 2 atom stereocenters. The van der Waals surface area contributed by atoms with Crippen LogP contribution in [0.1, 0.15) is 42.0 Å². The number of halogens is 6. The third kappa shape index (κ3) is 3.38. The Bertz CT molecular complexity index is 535. The molecular formula is C14H15F6NO. The molecule has 124 valence electrons. The van der Waals surface area contributed by atoms with Crippen molar-refractivity contribution < 1.29 is 31.4 Å². The molecule has 1 fully saturated rings. The third-order valence-corrected chi connectivity index (χ3v) is 4.04. The second kappa shape index (κ2) is 5.73. The normalized spacial score (nSPS) is 19.6. The molecule has 1 aromatic rings. The van der Waals surface area contributed by atoms with E-state index in [0.29, 0.717) is 31.0 Å². The summed E-state index contributed by atoms with van der Waals surface area (Å²) in [6.07, 6.45) is -8.87. The minimum atomic E-state index is -4.84. The quantitative estimate of drug-likeness (QED) is 0.828. The molecule has 0 aliphatic heterocycles. The van der Waals surface area contributed by atoms with Crippen molar-refractivity contribution in [2.24, 2.45) is 11.7 Å². The average molecular weight is 327 g/mol. The summed E-state index contributed by atoms with van der Waals surface area (Å²) in [5.41, 5.74) is 2.46. The van der Waals surface area contributed by atoms with E-state index in [2.05, 4.69) is 0 Å². The number of benzene rings is 1. The van der Waals surface area contributed by atoms with Crippen molar-refractivity contribution in [3.05, 3.63) is 34.9 Å². The van der Waals surface area contributed by atoms with E-state index < -0.39 is 41.2 Å². The van der Waals surface area contributed by atoms with Crippen molar-refractivity contribution in [1.82, 2.24) is 0 Å². The highest BCUT2D eigenvalue weighted by atomic mass is 19.4. The highest BCUT2D eigenvalue weighted by Gasteiger charge is 2.40. The molecule has 0 bridgehead atoms. The van der Waals surface area contributed by atoms with Crippen molar-refractivity contribution in [3.63, 3.8) is 0 Å². The second-order valence-electron chi connectivity index (χ2n) is 5.50. The molecule has 1 aromatic carbocycles. The van der Waals surface area contributed by atoms with E-state index in [0.717, 1.165) is 6.42 Å². The van der Waals surface area contributed by atoms with Crippen LogP contribution in [0.4, 0.5) is 26.3 Å². The van der Waals surface area contributed by atoms with Crippen molar-refractivity contribution >= 4 is 0 Å². The Morgan fingerprint density at radius 3 is 2.05 bits per heavy atom. The van der Waals surface area contributed by atoms with Gasteiger partial charge in [0.25, 0.3) is 0 Å². The highest BCUT2D eigenvalue weighted by molar-refractivity contribution is 5.38. The SMILES string of the molecule is N[C@@H](c1cc(C(F)(F)F)ccc1C(F)(F)F)[C@H](O)C1CCC1. The maximum Gasteiger partial charge on any atom is 0.416 e. The summed E-state index contributed by atoms with van der Waals surface area (Å²) in [7, 11) is 0. The molecule has 0 unspecified atom stereocenters. The van der Waals surface area contributed by atoms with Crippen LogP contribution >= 0.6 is 0 Å². The van der Waals surface area contributed by atoms with Crippen LogP contribution in [0.2, 0.25) is 0 Å². The Morgan fingerprint density at radius 1 is 1.05 bits per heavy atom. The molecule has 8 heteroatoms. The van der Waals surface area contributed by atoms with Gasteiger partial charge in [-0.1, -0.05) is 6.42 Å². The summed E-state index contributed by atoms with van der Waals surface area (Å²) in [4.78, 5) is 0. The van der Waals surface area contributed by atoms with E-state index in [1.54, 1.807) is 0 Å². The summed E-state index contributed by atoms with van der Waals surface area (Å²) in [5.74, 6) is -0.273. The number of rotatable bonds is 3. The molecule has 22 heavy (non-hydrogen) atoms. The van der Waals surface area contributed by atoms with Crippen molar-refractivity contribution in [2.45, 2.75) is 43.8 Å². The lowest BCUT2D eigenvalue weighted by Gasteiger charge is -2.34. The predicted octanol–water partition coefficient (Wildman–Crippen LogP) is 3.89. The lowest BCUT2D eigenvalue weighted by molar-refractivity contribution is -0.142. The zero-order valence-corrected chi connectivity index (χ0v) is 11.4. The zero-order chi connectivity index (χ0) is 16.7. The minimum Gasteiger partial charge on any atom is -0.391 e. The topological polar surface area (TPSA) is 46.2 Å². The molecule has 3 N–H and O–H groups in total. The Balaban J connectivity index is 2.44. The summed E-state index contributed by atoms with van der Waals surface area (Å²) < 4.78 is 77.1. The molecule has 0 saturated heterocycles. The second-order valence-corrected chi connectivity index (χ2v) is 5.50. The van der Waals surface area contributed by atoms with Gasteiger partial charge in [0.05, 0.1) is 23.3 Å². The van der Waals surface area contributed by atoms with E-state index >= 15 is 0 Å². The highest BCUT2D eigenvalue weighted by Crippen LogP contribution is 2.41. The lowest BCUT2D eigenvalue weighted by atomic mass is 9.77. The Labute approximate surface area is 122 Å². The van der Waals surface area contributed by atoms with Crippen molar-refractivity contribution in [1.29, 1.82) is 0 Å². The van der Waals surface area contributed by atoms with Gasteiger partial charge in [-0.15, -0.1) is 0 Å². The number of hydrogen-bond acceptors (Lipinski definition) is 2. The molecule has 0 radical (unpaired) electrons. The molecular weight excluding hydrogens is 312 g/mol. The number of hydrogen-bond donors (Lipinski definition) is 2. The van der Waals surface area contributed by atoms with E-state index in [1.807, 2.05) is 0 Å². The predicted molar refractivity (Wildman–Crippen MR) is 66.7 cm³/mol. The van der Waals surface area contributed by atoms with Gasteiger partial charge in [-0.05, 0) is 42.5 Å². The summed E-state index contributed by atoms with van der Waals surface area (Å²) >= 11 is 0. The van der Waals surface area contributed by atoms with Crippen LogP contribution in [-0.2, 0) is 12.4 Å². The largest absolute Gasteiger partial charge is 0.416 e. The summed E-state index contributed by atoms with van der Waals surface area (Å²) in [6.45, 7) is 0. The summed E-state index contributed by atoms with van der Waals surface area (Å²) in [6, 6.07) is -0.389. The van der Waals surface area contributed by atoms with Crippen molar-refractivity contribution in [2.75, 3.05) is 0 Å². The molecule has 0 heterocycles. The van der Waals surface area contributed by atoms with Gasteiger partial charge in [-0.3, -0.25) is 0 Å². The minimum absolute atomic E-state index is 0.273. The maximum absolute atomic E-state index is 13.0. The van der Waals surface area contributed by atoms with Crippen LogP contribution in [0.25, 0.3) is 0 Å². The monoisotopic (exact) mass is 327 g/mol. The fourth-order valence-electron chi connectivity index (χ4n) is 2.53. The average Bonchev–Trinajstić information content (AvgIpc) is 2.32. The number of nitrogens with two attached hydrogens (primary N) is 1. The maximum atomic E-state index is 13.0. The van der Waals surface area contributed by atoms with E-state index in [9.17, 15) is 31.4 Å². The van der Waals surface area contributed by atoms with Gasteiger partial charge in [-0.25, -0.2) is 0 Å². The van der Waals surface area contributed by atoms with Gasteiger partial charge in [0.2, 0.25) is 0 Å². The first-order chi connectivity index (χ1) is 10.0.